The molecule has 0 spiro atoms. The van der Waals surface area contributed by atoms with Crippen LogP contribution in [0.5, 0.6) is 0 Å². The Morgan fingerprint density at radius 1 is 1.33 bits per heavy atom. The number of nitrogens with two attached hydrogens (primary N) is 1. The van der Waals surface area contributed by atoms with E-state index < -0.39 is 0 Å². The third kappa shape index (κ3) is 2.08. The third-order valence-corrected chi connectivity index (χ3v) is 4.73. The number of aromatic nitrogens is 1. The van der Waals surface area contributed by atoms with Gasteiger partial charge in [0.15, 0.2) is 0 Å². The number of hydrogen-bond acceptors (Lipinski definition) is 3. The van der Waals surface area contributed by atoms with E-state index in [0.717, 1.165) is 25.7 Å². The van der Waals surface area contributed by atoms with E-state index in [4.69, 9.17) is 10.7 Å². The molecule has 2 nitrogen and oxygen atoms in total. The maximum absolute atomic E-state index is 6.02. The van der Waals surface area contributed by atoms with Crippen molar-refractivity contribution in [3.8, 4) is 11.3 Å². The molecule has 0 fully saturated rings. The highest BCUT2D eigenvalue weighted by Gasteiger charge is 2.20. The molecule has 3 heteroatoms. The number of fused-ring (bicyclic) bond motifs is 3. The van der Waals surface area contributed by atoms with Gasteiger partial charge in [0.2, 0.25) is 0 Å². The third-order valence-electron chi connectivity index (χ3n) is 3.60. The van der Waals surface area contributed by atoms with Crippen LogP contribution in [0.3, 0.4) is 0 Å². The molecule has 0 saturated carbocycles. The van der Waals surface area contributed by atoms with Crippen LogP contribution in [0.25, 0.3) is 11.3 Å². The Bertz CT molecular complexity index is 559. The Balaban J connectivity index is 1.96. The normalized spacial score (nSPS) is 15.0. The smallest absolute Gasteiger partial charge is 0.0950 e. The monoisotopic (exact) mass is 258 g/mol. The summed E-state index contributed by atoms with van der Waals surface area (Å²) in [4.78, 5) is 6.26. The van der Waals surface area contributed by atoms with Crippen LogP contribution in [0, 0.1) is 0 Å². The molecule has 0 amide bonds. The Morgan fingerprint density at radius 3 is 3.00 bits per heavy atom. The molecule has 3 rings (SSSR count). The summed E-state index contributed by atoms with van der Waals surface area (Å²) >= 11 is 1.85. The second kappa shape index (κ2) is 4.82. The van der Waals surface area contributed by atoms with Crippen LogP contribution in [0.1, 0.15) is 28.8 Å². The predicted molar refractivity (Wildman–Crippen MR) is 76.9 cm³/mol. The van der Waals surface area contributed by atoms with Gasteiger partial charge in [-0.25, -0.2) is 4.98 Å². The van der Waals surface area contributed by atoms with Crippen molar-refractivity contribution in [3.05, 3.63) is 39.7 Å². The molecule has 18 heavy (non-hydrogen) atoms. The van der Waals surface area contributed by atoms with Gasteiger partial charge in [0.1, 0.15) is 0 Å². The average Bonchev–Trinajstić information content (AvgIpc) is 2.81. The number of thiazole rings is 1. The van der Waals surface area contributed by atoms with Gasteiger partial charge in [-0.1, -0.05) is 31.2 Å². The van der Waals surface area contributed by atoms with Crippen molar-refractivity contribution >= 4 is 11.3 Å². The molecule has 0 aliphatic heterocycles. The molecule has 2 aromatic rings. The Morgan fingerprint density at radius 2 is 2.17 bits per heavy atom. The Labute approximate surface area is 112 Å². The molecule has 2 N–H and O–H groups in total. The second-order valence-corrected chi connectivity index (χ2v) is 6.08. The summed E-state index contributed by atoms with van der Waals surface area (Å²) < 4.78 is 0. The number of hydrogen-bond donors (Lipinski definition) is 1. The minimum Gasteiger partial charge on any atom is -0.327 e. The van der Waals surface area contributed by atoms with E-state index >= 15 is 0 Å². The van der Waals surface area contributed by atoms with E-state index in [9.17, 15) is 0 Å². The zero-order valence-corrected chi connectivity index (χ0v) is 11.5. The van der Waals surface area contributed by atoms with Crippen molar-refractivity contribution in [3.63, 3.8) is 0 Å². The van der Waals surface area contributed by atoms with Gasteiger partial charge >= 0.3 is 0 Å². The van der Waals surface area contributed by atoms with Crippen LogP contribution in [0.4, 0.5) is 0 Å². The van der Waals surface area contributed by atoms with Gasteiger partial charge in [-0.05, 0) is 24.8 Å². The molecule has 1 atom stereocenters. The Hall–Kier alpha value is -1.19. The fourth-order valence-electron chi connectivity index (χ4n) is 2.45. The van der Waals surface area contributed by atoms with Gasteiger partial charge in [-0.15, -0.1) is 11.3 Å². The lowest BCUT2D eigenvalue weighted by atomic mass is 9.94. The quantitative estimate of drug-likeness (QED) is 0.918. The predicted octanol–water partition coefficient (Wildman–Crippen LogP) is 3.19. The molecule has 1 aliphatic carbocycles. The summed E-state index contributed by atoms with van der Waals surface area (Å²) in [6.07, 6.45) is 4.20. The zero-order chi connectivity index (χ0) is 12.5. The van der Waals surface area contributed by atoms with Crippen LogP contribution < -0.4 is 5.73 Å². The first-order valence-electron chi connectivity index (χ1n) is 6.60. The molecule has 1 unspecified atom stereocenters. The summed E-state index contributed by atoms with van der Waals surface area (Å²) in [5, 5.41) is 1.20. The molecule has 1 heterocycles. The standard InChI is InChI=1S/C15H18N2S/c1-2-11(16)9-14-17-15-12-6-4-3-5-10(12)7-8-13(15)18-14/h3-6,11H,2,7-9,16H2,1H3. The van der Waals surface area contributed by atoms with Crippen molar-refractivity contribution in [1.29, 1.82) is 0 Å². The SMILES string of the molecule is CCC(N)Cc1nc2c(s1)CCc1ccccc1-2. The van der Waals surface area contributed by atoms with Gasteiger partial charge in [-0.2, -0.15) is 0 Å². The van der Waals surface area contributed by atoms with Crippen molar-refractivity contribution in [2.24, 2.45) is 5.73 Å². The first kappa shape index (κ1) is 11.9. The van der Waals surface area contributed by atoms with Gasteiger partial charge < -0.3 is 5.73 Å². The number of aryl methyl sites for hydroxylation is 2. The summed E-state index contributed by atoms with van der Waals surface area (Å²) in [6, 6.07) is 8.87. The van der Waals surface area contributed by atoms with Crippen molar-refractivity contribution in [1.82, 2.24) is 4.98 Å². The summed E-state index contributed by atoms with van der Waals surface area (Å²) in [7, 11) is 0. The Kier molecular flexibility index (Phi) is 3.18. The van der Waals surface area contributed by atoms with E-state index in [0.29, 0.717) is 0 Å². The van der Waals surface area contributed by atoms with E-state index in [-0.39, 0.29) is 6.04 Å². The first-order chi connectivity index (χ1) is 8.78. The highest BCUT2D eigenvalue weighted by atomic mass is 32.1. The molecular weight excluding hydrogens is 240 g/mol. The van der Waals surface area contributed by atoms with Gasteiger partial charge in [0.05, 0.1) is 10.7 Å². The second-order valence-electron chi connectivity index (χ2n) is 4.91. The first-order valence-corrected chi connectivity index (χ1v) is 7.42. The summed E-state index contributed by atoms with van der Waals surface area (Å²) in [5.74, 6) is 0. The van der Waals surface area contributed by atoms with Gasteiger partial charge in [-0.3, -0.25) is 0 Å². The highest BCUT2D eigenvalue weighted by Crippen LogP contribution is 2.36. The molecule has 0 saturated heterocycles. The topological polar surface area (TPSA) is 38.9 Å². The number of nitrogens with zero attached hydrogens (tertiary/aromatic N) is 1. The maximum Gasteiger partial charge on any atom is 0.0950 e. The van der Waals surface area contributed by atoms with E-state index in [2.05, 4.69) is 31.2 Å². The number of rotatable bonds is 3. The van der Waals surface area contributed by atoms with Crippen molar-refractivity contribution in [2.75, 3.05) is 0 Å². The fraction of sp³-hybridized carbons (Fsp3) is 0.400. The van der Waals surface area contributed by atoms with Crippen LogP contribution in [0.15, 0.2) is 24.3 Å². The molecule has 1 aliphatic rings. The van der Waals surface area contributed by atoms with E-state index in [1.165, 1.54) is 26.7 Å². The van der Waals surface area contributed by atoms with Crippen molar-refractivity contribution < 1.29 is 0 Å². The molecular formula is C15H18N2S. The minimum atomic E-state index is 0.243. The molecule has 0 bridgehead atoms. The molecule has 1 aromatic heterocycles. The van der Waals surface area contributed by atoms with Crippen LogP contribution >= 0.6 is 11.3 Å². The lowest BCUT2D eigenvalue weighted by Crippen LogP contribution is -2.21. The summed E-state index contributed by atoms with van der Waals surface area (Å²) in [5.41, 5.74) is 9.99. The van der Waals surface area contributed by atoms with E-state index in [1.807, 2.05) is 11.3 Å². The van der Waals surface area contributed by atoms with Crippen LogP contribution in [-0.4, -0.2) is 11.0 Å². The number of benzene rings is 1. The largest absolute Gasteiger partial charge is 0.327 e. The van der Waals surface area contributed by atoms with Crippen LogP contribution in [-0.2, 0) is 19.3 Å². The lowest BCUT2D eigenvalue weighted by Gasteiger charge is -2.13. The van der Waals surface area contributed by atoms with Crippen molar-refractivity contribution in [2.45, 2.75) is 38.6 Å². The molecule has 94 valence electrons. The molecule has 0 radical (unpaired) electrons. The summed E-state index contributed by atoms with van der Waals surface area (Å²) in [6.45, 7) is 2.13. The lowest BCUT2D eigenvalue weighted by molar-refractivity contribution is 0.644. The molecule has 1 aromatic carbocycles. The van der Waals surface area contributed by atoms with E-state index in [1.54, 1.807) is 0 Å². The van der Waals surface area contributed by atoms with Gasteiger partial charge in [0.25, 0.3) is 0 Å². The minimum absolute atomic E-state index is 0.243. The van der Waals surface area contributed by atoms with Gasteiger partial charge in [0, 0.05) is 22.9 Å². The fourth-order valence-corrected chi connectivity index (χ4v) is 3.63. The zero-order valence-electron chi connectivity index (χ0n) is 10.6. The van der Waals surface area contributed by atoms with Crippen LogP contribution in [0.2, 0.25) is 0 Å². The maximum atomic E-state index is 6.02. The highest BCUT2D eigenvalue weighted by molar-refractivity contribution is 7.12. The average molecular weight is 258 g/mol.